The third-order valence-corrected chi connectivity index (χ3v) is 4.19. The third kappa shape index (κ3) is 4.04. The Kier molecular flexibility index (Phi) is 5.70. The Balaban J connectivity index is 2.49. The molecule has 1 N–H and O–H groups in total. The fraction of sp³-hybridized carbons (Fsp3) is 0.800. The van der Waals surface area contributed by atoms with Crippen molar-refractivity contribution in [3.63, 3.8) is 0 Å². The van der Waals surface area contributed by atoms with E-state index in [0.717, 1.165) is 6.42 Å². The molecule has 0 saturated carbocycles. The topological polar surface area (TPSA) is 40.5 Å². The van der Waals surface area contributed by atoms with Crippen LogP contribution in [0.25, 0.3) is 0 Å². The molecular weight excluding hydrogens is 226 g/mol. The molecule has 2 unspecified atom stereocenters. The highest BCUT2D eigenvalue weighted by Crippen LogP contribution is 2.32. The Labute approximate surface area is 111 Å². The van der Waals surface area contributed by atoms with Crippen molar-refractivity contribution in [3.05, 3.63) is 11.6 Å². The Morgan fingerprint density at radius 1 is 1.50 bits per heavy atom. The van der Waals surface area contributed by atoms with Crippen molar-refractivity contribution in [2.45, 2.75) is 47.0 Å². The van der Waals surface area contributed by atoms with Gasteiger partial charge in [0.25, 0.3) is 0 Å². The molecule has 0 aliphatic heterocycles. The predicted molar refractivity (Wildman–Crippen MR) is 74.7 cm³/mol. The van der Waals surface area contributed by atoms with E-state index in [1.807, 2.05) is 6.92 Å². The van der Waals surface area contributed by atoms with Gasteiger partial charge >= 0.3 is 6.09 Å². The highest BCUT2D eigenvalue weighted by molar-refractivity contribution is 5.64. The zero-order chi connectivity index (χ0) is 13.7. The van der Waals surface area contributed by atoms with Gasteiger partial charge in [-0.25, -0.2) is 4.79 Å². The summed E-state index contributed by atoms with van der Waals surface area (Å²) in [7, 11) is 0. The van der Waals surface area contributed by atoms with Gasteiger partial charge in [-0.1, -0.05) is 32.4 Å². The molecule has 0 aromatic heterocycles. The summed E-state index contributed by atoms with van der Waals surface area (Å²) in [6.07, 6.45) is 5.10. The number of hydrogen-bond acceptors (Lipinski definition) is 1. The molecule has 0 aromatic rings. The summed E-state index contributed by atoms with van der Waals surface area (Å²) in [5.41, 5.74) is 1.57. The van der Waals surface area contributed by atoms with Gasteiger partial charge < -0.3 is 10.0 Å². The van der Waals surface area contributed by atoms with Crippen molar-refractivity contribution in [3.8, 4) is 0 Å². The van der Waals surface area contributed by atoms with Crippen LogP contribution in [0.4, 0.5) is 4.79 Å². The summed E-state index contributed by atoms with van der Waals surface area (Å²) in [6, 6.07) is 0. The van der Waals surface area contributed by atoms with Crippen LogP contribution in [0.15, 0.2) is 11.6 Å². The number of amides is 1. The minimum absolute atomic E-state index is 0.450. The average Bonchev–Trinajstić information content (AvgIpc) is 2.35. The molecule has 0 heterocycles. The molecule has 0 saturated heterocycles. The van der Waals surface area contributed by atoms with Gasteiger partial charge in [-0.3, -0.25) is 0 Å². The maximum absolute atomic E-state index is 11.0. The maximum atomic E-state index is 11.0. The molecule has 3 nitrogen and oxygen atoms in total. The number of rotatable bonds is 5. The van der Waals surface area contributed by atoms with Crippen molar-refractivity contribution in [2.24, 2.45) is 17.8 Å². The largest absolute Gasteiger partial charge is 0.465 e. The van der Waals surface area contributed by atoms with Crippen LogP contribution in [0.1, 0.15) is 47.0 Å². The van der Waals surface area contributed by atoms with E-state index in [4.69, 9.17) is 5.11 Å². The first-order chi connectivity index (χ1) is 8.45. The minimum atomic E-state index is -0.793. The van der Waals surface area contributed by atoms with Gasteiger partial charge in [0.15, 0.2) is 0 Å². The van der Waals surface area contributed by atoms with E-state index in [1.54, 1.807) is 5.57 Å². The maximum Gasteiger partial charge on any atom is 0.407 e. The van der Waals surface area contributed by atoms with Gasteiger partial charge in [0, 0.05) is 13.1 Å². The van der Waals surface area contributed by atoms with E-state index >= 15 is 0 Å². The molecule has 0 aromatic carbocycles. The zero-order valence-electron chi connectivity index (χ0n) is 12.1. The Hall–Kier alpha value is -0.990. The van der Waals surface area contributed by atoms with Crippen molar-refractivity contribution < 1.29 is 9.90 Å². The van der Waals surface area contributed by atoms with Gasteiger partial charge in [0.2, 0.25) is 0 Å². The fourth-order valence-corrected chi connectivity index (χ4v) is 2.76. The molecule has 0 fully saturated rings. The first kappa shape index (κ1) is 15.1. The summed E-state index contributed by atoms with van der Waals surface area (Å²) in [5, 5.41) is 9.05. The molecule has 1 aliphatic carbocycles. The molecule has 1 rings (SSSR count). The van der Waals surface area contributed by atoms with E-state index in [1.165, 1.54) is 17.7 Å². The van der Waals surface area contributed by atoms with Crippen molar-refractivity contribution in [1.29, 1.82) is 0 Å². The first-order valence-corrected chi connectivity index (χ1v) is 7.12. The Morgan fingerprint density at radius 3 is 2.56 bits per heavy atom. The van der Waals surface area contributed by atoms with E-state index in [0.29, 0.717) is 30.8 Å². The predicted octanol–water partition coefficient (Wildman–Crippen LogP) is 4.00. The fourth-order valence-electron chi connectivity index (χ4n) is 2.76. The zero-order valence-corrected chi connectivity index (χ0v) is 12.1. The standard InChI is InChI=1S/C15H27NO2/c1-5-16(15(17)18)10-12(4)14-8-6-13(7-9-14)11(2)3/h6,11-12,14H,5,7-10H2,1-4H3,(H,17,18). The summed E-state index contributed by atoms with van der Waals surface area (Å²) in [5.74, 6) is 1.75. The van der Waals surface area contributed by atoms with Crippen molar-refractivity contribution in [1.82, 2.24) is 4.90 Å². The molecule has 18 heavy (non-hydrogen) atoms. The van der Waals surface area contributed by atoms with Gasteiger partial charge in [0.05, 0.1) is 0 Å². The highest BCUT2D eigenvalue weighted by Gasteiger charge is 2.24. The molecule has 0 bridgehead atoms. The lowest BCUT2D eigenvalue weighted by atomic mass is 9.79. The van der Waals surface area contributed by atoms with Gasteiger partial charge in [-0.15, -0.1) is 0 Å². The molecular formula is C15H27NO2. The number of carbonyl (C=O) groups is 1. The smallest absolute Gasteiger partial charge is 0.407 e. The van der Waals surface area contributed by atoms with Crippen LogP contribution in [0.3, 0.4) is 0 Å². The van der Waals surface area contributed by atoms with Gasteiger partial charge in [0.1, 0.15) is 0 Å². The normalized spacial score (nSPS) is 21.6. The Bertz CT molecular complexity index is 310. The monoisotopic (exact) mass is 253 g/mol. The summed E-state index contributed by atoms with van der Waals surface area (Å²) in [6.45, 7) is 9.83. The van der Waals surface area contributed by atoms with Crippen LogP contribution >= 0.6 is 0 Å². The highest BCUT2D eigenvalue weighted by atomic mass is 16.4. The van der Waals surface area contributed by atoms with Crippen molar-refractivity contribution in [2.75, 3.05) is 13.1 Å². The number of nitrogens with zero attached hydrogens (tertiary/aromatic N) is 1. The molecule has 1 amide bonds. The summed E-state index contributed by atoms with van der Waals surface area (Å²) >= 11 is 0. The molecule has 0 spiro atoms. The van der Waals surface area contributed by atoms with E-state index in [9.17, 15) is 4.79 Å². The van der Waals surface area contributed by atoms with Crippen LogP contribution in [-0.4, -0.2) is 29.2 Å². The van der Waals surface area contributed by atoms with Crippen LogP contribution in [-0.2, 0) is 0 Å². The van der Waals surface area contributed by atoms with Crippen LogP contribution in [0.2, 0.25) is 0 Å². The summed E-state index contributed by atoms with van der Waals surface area (Å²) < 4.78 is 0. The summed E-state index contributed by atoms with van der Waals surface area (Å²) in [4.78, 5) is 12.5. The number of allylic oxidation sites excluding steroid dienone is 2. The quantitative estimate of drug-likeness (QED) is 0.752. The third-order valence-electron chi connectivity index (χ3n) is 4.19. The average molecular weight is 253 g/mol. The SMILES string of the molecule is CCN(CC(C)C1CC=C(C(C)C)CC1)C(=O)O. The molecule has 1 aliphatic rings. The lowest BCUT2D eigenvalue weighted by Crippen LogP contribution is -2.35. The van der Waals surface area contributed by atoms with Crippen LogP contribution in [0.5, 0.6) is 0 Å². The van der Waals surface area contributed by atoms with Gasteiger partial charge in [-0.2, -0.15) is 0 Å². The molecule has 2 atom stereocenters. The second-order valence-corrected chi connectivity index (χ2v) is 5.77. The van der Waals surface area contributed by atoms with Crippen molar-refractivity contribution >= 4 is 6.09 Å². The number of hydrogen-bond donors (Lipinski definition) is 1. The first-order valence-electron chi connectivity index (χ1n) is 7.12. The van der Waals surface area contributed by atoms with E-state index in [2.05, 4.69) is 26.8 Å². The van der Waals surface area contributed by atoms with Gasteiger partial charge in [-0.05, 0) is 43.9 Å². The van der Waals surface area contributed by atoms with Crippen LogP contribution < -0.4 is 0 Å². The Morgan fingerprint density at radius 2 is 2.17 bits per heavy atom. The molecule has 3 heteroatoms. The van der Waals surface area contributed by atoms with Crippen LogP contribution in [0, 0.1) is 17.8 Å². The second kappa shape index (κ2) is 6.81. The molecule has 0 radical (unpaired) electrons. The minimum Gasteiger partial charge on any atom is -0.465 e. The van der Waals surface area contributed by atoms with E-state index < -0.39 is 6.09 Å². The molecule has 104 valence electrons. The lowest BCUT2D eigenvalue weighted by molar-refractivity contribution is 0.132. The van der Waals surface area contributed by atoms with E-state index in [-0.39, 0.29) is 0 Å². The lowest BCUT2D eigenvalue weighted by Gasteiger charge is -2.31. The number of carboxylic acid groups (broad SMARTS) is 1. The second-order valence-electron chi connectivity index (χ2n) is 5.77.